The van der Waals surface area contributed by atoms with Crippen molar-refractivity contribution in [3.63, 3.8) is 0 Å². The number of ether oxygens (including phenoxy) is 1. The molecule has 0 aliphatic carbocycles. The summed E-state index contributed by atoms with van der Waals surface area (Å²) in [6.45, 7) is 7.60. The summed E-state index contributed by atoms with van der Waals surface area (Å²) in [7, 11) is 0. The van der Waals surface area contributed by atoms with Gasteiger partial charge >= 0.3 is 0 Å². The number of para-hydroxylation sites is 1. The maximum atomic E-state index is 12.4. The Balaban J connectivity index is 1.56. The van der Waals surface area contributed by atoms with E-state index in [4.69, 9.17) is 4.74 Å². The maximum Gasteiger partial charge on any atom is 0.261 e. The highest BCUT2D eigenvalue weighted by Gasteiger charge is 2.17. The Labute approximate surface area is 156 Å². The van der Waals surface area contributed by atoms with Crippen molar-refractivity contribution in [2.75, 3.05) is 13.1 Å². The van der Waals surface area contributed by atoms with Gasteiger partial charge in [0, 0.05) is 13.1 Å². The van der Waals surface area contributed by atoms with E-state index in [1.165, 1.54) is 37.1 Å². The highest BCUT2D eigenvalue weighted by Crippen LogP contribution is 2.18. The van der Waals surface area contributed by atoms with E-state index in [0.717, 1.165) is 17.9 Å². The van der Waals surface area contributed by atoms with Crippen LogP contribution in [-0.4, -0.2) is 30.0 Å². The van der Waals surface area contributed by atoms with Crippen LogP contribution in [0.1, 0.15) is 36.5 Å². The molecule has 1 atom stereocenters. The number of carbonyl (C=O) groups excluding carboxylic acids is 1. The van der Waals surface area contributed by atoms with Crippen LogP contribution in [0.5, 0.6) is 5.75 Å². The molecule has 1 aliphatic heterocycles. The molecule has 0 radical (unpaired) electrons. The molecule has 1 amide bonds. The lowest BCUT2D eigenvalue weighted by Crippen LogP contribution is -2.36. The summed E-state index contributed by atoms with van der Waals surface area (Å²) in [4.78, 5) is 14.9. The summed E-state index contributed by atoms with van der Waals surface area (Å²) < 4.78 is 5.81. The molecule has 0 unspecified atom stereocenters. The van der Waals surface area contributed by atoms with Crippen molar-refractivity contribution in [1.29, 1.82) is 0 Å². The summed E-state index contributed by atoms with van der Waals surface area (Å²) in [5.74, 6) is 0.661. The zero-order valence-electron chi connectivity index (χ0n) is 15.7. The molecule has 2 aromatic carbocycles. The van der Waals surface area contributed by atoms with Gasteiger partial charge in [-0.25, -0.2) is 0 Å². The molecule has 0 bridgehead atoms. The Hall–Kier alpha value is -2.33. The minimum Gasteiger partial charge on any atom is -0.481 e. The SMILES string of the molecule is Cc1ccccc1O[C@@H](C)C(=O)NCc1ccccc1CN1CCCC1. The van der Waals surface area contributed by atoms with Crippen LogP contribution in [0.3, 0.4) is 0 Å². The van der Waals surface area contributed by atoms with Gasteiger partial charge in [0.15, 0.2) is 6.10 Å². The first-order valence-electron chi connectivity index (χ1n) is 9.42. The predicted molar refractivity (Wildman–Crippen MR) is 104 cm³/mol. The maximum absolute atomic E-state index is 12.4. The number of likely N-dealkylation sites (tertiary alicyclic amines) is 1. The van der Waals surface area contributed by atoms with Crippen LogP contribution in [0.15, 0.2) is 48.5 Å². The van der Waals surface area contributed by atoms with E-state index in [-0.39, 0.29) is 5.91 Å². The van der Waals surface area contributed by atoms with Crippen LogP contribution in [0.2, 0.25) is 0 Å². The molecule has 4 nitrogen and oxygen atoms in total. The fourth-order valence-electron chi connectivity index (χ4n) is 3.32. The smallest absolute Gasteiger partial charge is 0.261 e. The van der Waals surface area contributed by atoms with Crippen LogP contribution in [0.25, 0.3) is 0 Å². The average molecular weight is 352 g/mol. The lowest BCUT2D eigenvalue weighted by molar-refractivity contribution is -0.127. The zero-order chi connectivity index (χ0) is 18.4. The third-order valence-corrected chi connectivity index (χ3v) is 4.93. The quantitative estimate of drug-likeness (QED) is 0.827. The standard InChI is InChI=1S/C22H28N2O2/c1-17-9-3-6-12-21(17)26-18(2)22(25)23-15-19-10-4-5-11-20(19)16-24-13-7-8-14-24/h3-6,9-12,18H,7-8,13-16H2,1-2H3,(H,23,25)/t18-/m0/s1. The molecule has 0 spiro atoms. The number of nitrogens with zero attached hydrogens (tertiary/aromatic N) is 1. The Morgan fingerprint density at radius 3 is 2.46 bits per heavy atom. The molecular weight excluding hydrogens is 324 g/mol. The second-order valence-electron chi connectivity index (χ2n) is 7.00. The Morgan fingerprint density at radius 2 is 1.73 bits per heavy atom. The second-order valence-corrected chi connectivity index (χ2v) is 7.00. The normalized spacial score (nSPS) is 15.6. The molecule has 26 heavy (non-hydrogen) atoms. The number of nitrogens with one attached hydrogen (secondary N) is 1. The molecule has 0 aromatic heterocycles. The van der Waals surface area contributed by atoms with Crippen molar-refractivity contribution in [2.24, 2.45) is 0 Å². The monoisotopic (exact) mass is 352 g/mol. The van der Waals surface area contributed by atoms with Crippen LogP contribution in [0, 0.1) is 6.92 Å². The van der Waals surface area contributed by atoms with Crippen molar-refractivity contribution < 1.29 is 9.53 Å². The first kappa shape index (κ1) is 18.5. The summed E-state index contributed by atoms with van der Waals surface area (Å²) >= 11 is 0. The molecule has 138 valence electrons. The molecule has 1 aliphatic rings. The van der Waals surface area contributed by atoms with Crippen LogP contribution in [-0.2, 0) is 17.9 Å². The van der Waals surface area contributed by atoms with Crippen molar-refractivity contribution in [2.45, 2.75) is 45.9 Å². The van der Waals surface area contributed by atoms with E-state index in [1.54, 1.807) is 6.92 Å². The average Bonchev–Trinajstić information content (AvgIpc) is 3.15. The van der Waals surface area contributed by atoms with Crippen molar-refractivity contribution in [1.82, 2.24) is 10.2 Å². The Morgan fingerprint density at radius 1 is 1.08 bits per heavy atom. The molecular formula is C22H28N2O2. The van der Waals surface area contributed by atoms with E-state index in [0.29, 0.717) is 6.54 Å². The van der Waals surface area contributed by atoms with E-state index in [9.17, 15) is 4.79 Å². The van der Waals surface area contributed by atoms with Gasteiger partial charge in [0.2, 0.25) is 0 Å². The molecule has 3 rings (SSSR count). The number of hydrogen-bond acceptors (Lipinski definition) is 3. The lowest BCUT2D eigenvalue weighted by Gasteiger charge is -2.19. The minimum absolute atomic E-state index is 0.0933. The number of hydrogen-bond donors (Lipinski definition) is 1. The van der Waals surface area contributed by atoms with Crippen LogP contribution in [0.4, 0.5) is 0 Å². The molecule has 4 heteroatoms. The van der Waals surface area contributed by atoms with Gasteiger partial charge in [-0.1, -0.05) is 42.5 Å². The van der Waals surface area contributed by atoms with Crippen LogP contribution < -0.4 is 10.1 Å². The fraction of sp³-hybridized carbons (Fsp3) is 0.409. The van der Waals surface area contributed by atoms with Gasteiger partial charge in [0.1, 0.15) is 5.75 Å². The molecule has 2 aromatic rings. The second kappa shape index (κ2) is 8.86. The van der Waals surface area contributed by atoms with E-state index >= 15 is 0 Å². The Kier molecular flexibility index (Phi) is 6.29. The number of carbonyl (C=O) groups is 1. The lowest BCUT2D eigenvalue weighted by atomic mass is 10.1. The summed E-state index contributed by atoms with van der Waals surface area (Å²) in [6, 6.07) is 16.1. The van der Waals surface area contributed by atoms with Gasteiger partial charge in [0.05, 0.1) is 0 Å². The van der Waals surface area contributed by atoms with E-state index in [1.807, 2.05) is 37.3 Å². The number of rotatable bonds is 7. The highest BCUT2D eigenvalue weighted by atomic mass is 16.5. The molecule has 1 N–H and O–H groups in total. The Bertz CT molecular complexity index is 738. The zero-order valence-corrected chi connectivity index (χ0v) is 15.7. The van der Waals surface area contributed by atoms with Gasteiger partial charge in [-0.2, -0.15) is 0 Å². The minimum atomic E-state index is -0.526. The predicted octanol–water partition coefficient (Wildman–Crippen LogP) is 3.67. The van der Waals surface area contributed by atoms with Gasteiger partial charge in [-0.3, -0.25) is 9.69 Å². The van der Waals surface area contributed by atoms with Crippen LogP contribution >= 0.6 is 0 Å². The van der Waals surface area contributed by atoms with Gasteiger partial charge in [0.25, 0.3) is 5.91 Å². The van der Waals surface area contributed by atoms with Crippen molar-refractivity contribution in [3.8, 4) is 5.75 Å². The summed E-state index contributed by atoms with van der Waals surface area (Å²) in [5.41, 5.74) is 3.50. The topological polar surface area (TPSA) is 41.6 Å². The number of amides is 1. The first-order chi connectivity index (χ1) is 12.6. The fourth-order valence-corrected chi connectivity index (χ4v) is 3.32. The summed E-state index contributed by atoms with van der Waals surface area (Å²) in [5, 5.41) is 3.02. The van der Waals surface area contributed by atoms with Crippen molar-refractivity contribution in [3.05, 3.63) is 65.2 Å². The van der Waals surface area contributed by atoms with Gasteiger partial charge in [-0.15, -0.1) is 0 Å². The van der Waals surface area contributed by atoms with Gasteiger partial charge in [-0.05, 0) is 62.5 Å². The largest absolute Gasteiger partial charge is 0.481 e. The molecule has 1 saturated heterocycles. The molecule has 0 saturated carbocycles. The number of aryl methyl sites for hydroxylation is 1. The third kappa shape index (κ3) is 4.85. The first-order valence-corrected chi connectivity index (χ1v) is 9.42. The summed E-state index contributed by atoms with van der Waals surface area (Å²) in [6.07, 6.45) is 2.04. The van der Waals surface area contributed by atoms with Crippen molar-refractivity contribution >= 4 is 5.91 Å². The van der Waals surface area contributed by atoms with Gasteiger partial charge < -0.3 is 10.1 Å². The number of benzene rings is 2. The molecule has 1 fully saturated rings. The highest BCUT2D eigenvalue weighted by molar-refractivity contribution is 5.80. The third-order valence-electron chi connectivity index (χ3n) is 4.93. The van der Waals surface area contributed by atoms with E-state index < -0.39 is 6.10 Å². The molecule has 1 heterocycles. The van der Waals surface area contributed by atoms with E-state index in [2.05, 4.69) is 28.4 Å².